The summed E-state index contributed by atoms with van der Waals surface area (Å²) < 4.78 is 10.5. The summed E-state index contributed by atoms with van der Waals surface area (Å²) in [4.78, 5) is 26.4. The van der Waals surface area contributed by atoms with Gasteiger partial charge in [0.15, 0.2) is 0 Å². The number of hydrogen-bond donors (Lipinski definition) is 1. The Morgan fingerprint density at radius 3 is 2.59 bits per heavy atom. The lowest BCUT2D eigenvalue weighted by Gasteiger charge is -2.32. The molecule has 0 radical (unpaired) electrons. The van der Waals surface area contributed by atoms with E-state index in [9.17, 15) is 9.59 Å². The Labute approximate surface area is 158 Å². The number of carbonyl (C=O) groups excluding carboxylic acids is 2. The van der Waals surface area contributed by atoms with Gasteiger partial charge in [-0.2, -0.15) is 0 Å². The average Bonchev–Trinajstić information content (AvgIpc) is 2.67. The smallest absolute Gasteiger partial charge is 0.226 e. The van der Waals surface area contributed by atoms with Crippen LogP contribution in [-0.2, 0) is 9.59 Å². The van der Waals surface area contributed by atoms with Gasteiger partial charge in [0.25, 0.3) is 0 Å². The highest BCUT2D eigenvalue weighted by atomic mass is 16.5. The summed E-state index contributed by atoms with van der Waals surface area (Å²) in [6, 6.07) is 12.6. The molecule has 0 bridgehead atoms. The quantitative estimate of drug-likeness (QED) is 0.878. The predicted octanol–water partition coefficient (Wildman–Crippen LogP) is 3.61. The summed E-state index contributed by atoms with van der Waals surface area (Å²) in [6.45, 7) is 1.49. The molecule has 0 fully saturated rings. The highest BCUT2D eigenvalue weighted by Crippen LogP contribution is 2.34. The molecule has 27 heavy (non-hydrogen) atoms. The van der Waals surface area contributed by atoms with Crippen LogP contribution in [0.3, 0.4) is 0 Å². The predicted molar refractivity (Wildman–Crippen MR) is 104 cm³/mol. The number of amides is 2. The first kappa shape index (κ1) is 18.5. The van der Waals surface area contributed by atoms with Gasteiger partial charge in [-0.05, 0) is 29.3 Å². The van der Waals surface area contributed by atoms with Gasteiger partial charge in [-0.15, -0.1) is 0 Å². The zero-order chi connectivity index (χ0) is 19.4. The van der Waals surface area contributed by atoms with E-state index in [-0.39, 0.29) is 24.3 Å². The van der Waals surface area contributed by atoms with Crippen molar-refractivity contribution in [1.82, 2.24) is 4.90 Å². The SMILES string of the molecule is COc1ccc(OC)c(NC(=O)C[C@H]2c3ccccc3C=CN2C(C)=O)c1. The minimum atomic E-state index is -0.361. The van der Waals surface area contributed by atoms with E-state index >= 15 is 0 Å². The number of fused-ring (bicyclic) bond motifs is 1. The van der Waals surface area contributed by atoms with Gasteiger partial charge >= 0.3 is 0 Å². The van der Waals surface area contributed by atoms with Crippen molar-refractivity contribution in [3.8, 4) is 11.5 Å². The van der Waals surface area contributed by atoms with Crippen LogP contribution in [0.4, 0.5) is 5.69 Å². The van der Waals surface area contributed by atoms with E-state index in [0.29, 0.717) is 17.2 Å². The van der Waals surface area contributed by atoms with Gasteiger partial charge in [-0.25, -0.2) is 0 Å². The van der Waals surface area contributed by atoms with Crippen LogP contribution < -0.4 is 14.8 Å². The van der Waals surface area contributed by atoms with Crippen LogP contribution >= 0.6 is 0 Å². The van der Waals surface area contributed by atoms with Crippen LogP contribution in [0, 0.1) is 0 Å². The molecular formula is C21H22N2O4. The first-order valence-electron chi connectivity index (χ1n) is 8.61. The van der Waals surface area contributed by atoms with E-state index in [1.165, 1.54) is 14.0 Å². The van der Waals surface area contributed by atoms with Gasteiger partial charge in [0.1, 0.15) is 11.5 Å². The molecule has 2 amide bonds. The Bertz CT molecular complexity index is 892. The molecule has 0 aliphatic carbocycles. The molecule has 6 nitrogen and oxygen atoms in total. The van der Waals surface area contributed by atoms with E-state index in [0.717, 1.165) is 11.1 Å². The molecular weight excluding hydrogens is 344 g/mol. The van der Waals surface area contributed by atoms with Gasteiger partial charge in [-0.1, -0.05) is 24.3 Å². The number of benzene rings is 2. The summed E-state index contributed by atoms with van der Waals surface area (Å²) in [7, 11) is 3.10. The molecule has 1 atom stereocenters. The van der Waals surface area contributed by atoms with E-state index in [1.54, 1.807) is 36.4 Å². The summed E-state index contributed by atoms with van der Waals surface area (Å²) in [5.41, 5.74) is 2.48. The first-order chi connectivity index (χ1) is 13.0. The number of rotatable bonds is 5. The zero-order valence-corrected chi connectivity index (χ0v) is 15.6. The van der Waals surface area contributed by atoms with Crippen molar-refractivity contribution in [2.45, 2.75) is 19.4 Å². The number of hydrogen-bond acceptors (Lipinski definition) is 4. The molecule has 2 aromatic rings. The van der Waals surface area contributed by atoms with Crippen molar-refractivity contribution in [2.75, 3.05) is 19.5 Å². The zero-order valence-electron chi connectivity index (χ0n) is 15.6. The molecule has 1 aliphatic heterocycles. The number of nitrogens with zero attached hydrogens (tertiary/aromatic N) is 1. The molecule has 0 saturated heterocycles. The Kier molecular flexibility index (Phi) is 5.45. The highest BCUT2D eigenvalue weighted by molar-refractivity contribution is 5.93. The van der Waals surface area contributed by atoms with Gasteiger partial charge in [0.2, 0.25) is 11.8 Å². The Morgan fingerprint density at radius 1 is 1.11 bits per heavy atom. The number of ether oxygens (including phenoxy) is 2. The monoisotopic (exact) mass is 366 g/mol. The van der Waals surface area contributed by atoms with Crippen LogP contribution in [0.25, 0.3) is 6.08 Å². The summed E-state index contributed by atoms with van der Waals surface area (Å²) >= 11 is 0. The molecule has 1 heterocycles. The lowest BCUT2D eigenvalue weighted by molar-refractivity contribution is -0.129. The van der Waals surface area contributed by atoms with Crippen LogP contribution in [0.15, 0.2) is 48.7 Å². The Morgan fingerprint density at radius 2 is 1.89 bits per heavy atom. The van der Waals surface area contributed by atoms with Crippen molar-refractivity contribution >= 4 is 23.6 Å². The number of nitrogens with one attached hydrogen (secondary N) is 1. The molecule has 6 heteroatoms. The number of carbonyl (C=O) groups is 2. The van der Waals surface area contributed by atoms with Gasteiger partial charge in [0, 0.05) is 19.2 Å². The van der Waals surface area contributed by atoms with Crippen LogP contribution in [-0.4, -0.2) is 30.9 Å². The molecule has 1 aliphatic rings. The Balaban J connectivity index is 1.84. The fraction of sp³-hybridized carbons (Fsp3) is 0.238. The molecule has 0 spiro atoms. The second-order valence-corrected chi connectivity index (χ2v) is 6.21. The summed E-state index contributed by atoms with van der Waals surface area (Å²) in [6.07, 6.45) is 3.74. The number of anilines is 1. The van der Waals surface area contributed by atoms with Crippen molar-refractivity contribution < 1.29 is 19.1 Å². The van der Waals surface area contributed by atoms with Crippen LogP contribution in [0.1, 0.15) is 30.5 Å². The summed E-state index contributed by atoms with van der Waals surface area (Å²) in [5, 5.41) is 2.87. The second kappa shape index (κ2) is 7.95. The van der Waals surface area contributed by atoms with Gasteiger partial charge in [-0.3, -0.25) is 9.59 Å². The topological polar surface area (TPSA) is 67.9 Å². The second-order valence-electron chi connectivity index (χ2n) is 6.21. The fourth-order valence-electron chi connectivity index (χ4n) is 3.20. The maximum absolute atomic E-state index is 12.8. The molecule has 3 rings (SSSR count). The molecule has 140 valence electrons. The Hall–Kier alpha value is -3.28. The highest BCUT2D eigenvalue weighted by Gasteiger charge is 2.28. The van der Waals surface area contributed by atoms with Crippen molar-refractivity contribution in [2.24, 2.45) is 0 Å². The summed E-state index contributed by atoms with van der Waals surface area (Å²) in [5.74, 6) is 0.819. The maximum atomic E-state index is 12.8. The normalized spacial score (nSPS) is 15.1. The maximum Gasteiger partial charge on any atom is 0.226 e. The third-order valence-corrected chi connectivity index (χ3v) is 4.53. The molecule has 1 N–H and O–H groups in total. The van der Waals surface area contributed by atoms with E-state index < -0.39 is 0 Å². The largest absolute Gasteiger partial charge is 0.497 e. The van der Waals surface area contributed by atoms with E-state index in [4.69, 9.17) is 9.47 Å². The minimum absolute atomic E-state index is 0.113. The van der Waals surface area contributed by atoms with E-state index in [2.05, 4.69) is 5.32 Å². The van der Waals surface area contributed by atoms with Crippen LogP contribution in [0.2, 0.25) is 0 Å². The third-order valence-electron chi connectivity index (χ3n) is 4.53. The lowest BCUT2D eigenvalue weighted by atomic mass is 9.93. The van der Waals surface area contributed by atoms with Gasteiger partial charge in [0.05, 0.1) is 32.4 Å². The van der Waals surface area contributed by atoms with Crippen molar-refractivity contribution in [1.29, 1.82) is 0 Å². The lowest BCUT2D eigenvalue weighted by Crippen LogP contribution is -2.33. The first-order valence-corrected chi connectivity index (χ1v) is 8.61. The molecule has 2 aromatic carbocycles. The average molecular weight is 366 g/mol. The molecule has 0 aromatic heterocycles. The molecule has 0 saturated carbocycles. The minimum Gasteiger partial charge on any atom is -0.497 e. The standard InChI is InChI=1S/C21H22N2O4/c1-14(24)23-11-10-15-6-4-5-7-17(15)19(23)13-21(25)22-18-12-16(26-2)8-9-20(18)27-3/h4-12,19H,13H2,1-3H3,(H,22,25)/t19-/m0/s1. The van der Waals surface area contributed by atoms with Gasteiger partial charge < -0.3 is 19.7 Å². The fourth-order valence-corrected chi connectivity index (χ4v) is 3.20. The van der Waals surface area contributed by atoms with Crippen molar-refractivity contribution in [3.05, 3.63) is 59.8 Å². The third kappa shape index (κ3) is 3.95. The number of methoxy groups -OCH3 is 2. The van der Waals surface area contributed by atoms with Crippen molar-refractivity contribution in [3.63, 3.8) is 0 Å². The molecule has 0 unspecified atom stereocenters. The van der Waals surface area contributed by atoms with E-state index in [1.807, 2.05) is 30.3 Å². The van der Waals surface area contributed by atoms with Crippen LogP contribution in [0.5, 0.6) is 11.5 Å².